The van der Waals surface area contributed by atoms with Crippen LogP contribution in [0.1, 0.15) is 19.4 Å². The smallest absolute Gasteiger partial charge is 0.241 e. The second-order valence-electron chi connectivity index (χ2n) is 4.74. The number of rotatable bonds is 5. The first-order valence-corrected chi connectivity index (χ1v) is 7.54. The van der Waals surface area contributed by atoms with Gasteiger partial charge in [-0.3, -0.25) is 0 Å². The summed E-state index contributed by atoms with van der Waals surface area (Å²) in [7, 11) is -2.16. The van der Waals surface area contributed by atoms with Crippen molar-refractivity contribution in [2.75, 3.05) is 20.3 Å². The summed E-state index contributed by atoms with van der Waals surface area (Å²) in [5.74, 6) is 5.08. The minimum atomic E-state index is -3.68. The summed E-state index contributed by atoms with van der Waals surface area (Å²) < 4.78 is 32.2. The quantitative estimate of drug-likeness (QED) is 0.786. The van der Waals surface area contributed by atoms with Gasteiger partial charge in [0.25, 0.3) is 0 Å². The van der Waals surface area contributed by atoms with Crippen LogP contribution in [0.3, 0.4) is 0 Å². The maximum Gasteiger partial charge on any atom is 0.241 e. The lowest BCUT2D eigenvalue weighted by Gasteiger charge is -2.23. The normalized spacial score (nSPS) is 11.8. The van der Waals surface area contributed by atoms with Crippen LogP contribution in [0.5, 0.6) is 0 Å². The van der Waals surface area contributed by atoms with Crippen molar-refractivity contribution in [2.45, 2.75) is 24.3 Å². The largest absolute Gasteiger partial charge is 0.384 e. The second-order valence-corrected chi connectivity index (χ2v) is 6.48. The monoisotopic (exact) mass is 297 g/mol. The maximum absolute atomic E-state index is 12.3. The summed E-state index contributed by atoms with van der Waals surface area (Å²) in [6.45, 7) is 3.39. The SMILES string of the molecule is COC(C)(C)CNS(=O)(=O)c1ccccc1C#CCO. The zero-order valence-corrected chi connectivity index (χ0v) is 12.6. The van der Waals surface area contributed by atoms with E-state index in [4.69, 9.17) is 9.84 Å². The summed E-state index contributed by atoms with van der Waals surface area (Å²) in [5.41, 5.74) is -0.247. The predicted octanol–water partition coefficient (Wildman–Crippen LogP) is 0.734. The molecular formula is C14H19NO4S. The Labute approximate surface area is 120 Å². The second kappa shape index (κ2) is 6.86. The number of hydrogen-bond donors (Lipinski definition) is 2. The Morgan fingerprint density at radius 3 is 2.60 bits per heavy atom. The highest BCUT2D eigenvalue weighted by Crippen LogP contribution is 2.15. The van der Waals surface area contributed by atoms with Crippen LogP contribution in [-0.4, -0.2) is 39.4 Å². The maximum atomic E-state index is 12.3. The molecule has 5 nitrogen and oxygen atoms in total. The zero-order valence-electron chi connectivity index (χ0n) is 11.8. The number of sulfonamides is 1. The zero-order chi connectivity index (χ0) is 15.2. The van der Waals surface area contributed by atoms with Crippen molar-refractivity contribution in [2.24, 2.45) is 0 Å². The van der Waals surface area contributed by atoms with Gasteiger partial charge in [-0.15, -0.1) is 0 Å². The molecule has 20 heavy (non-hydrogen) atoms. The van der Waals surface area contributed by atoms with Crippen LogP contribution < -0.4 is 4.72 Å². The minimum absolute atomic E-state index is 0.0906. The van der Waals surface area contributed by atoms with E-state index in [0.29, 0.717) is 5.56 Å². The Balaban J connectivity index is 3.04. The molecule has 0 amide bonds. The third-order valence-corrected chi connectivity index (χ3v) is 4.18. The first-order chi connectivity index (χ1) is 9.32. The molecule has 0 fully saturated rings. The van der Waals surface area contributed by atoms with Gasteiger partial charge < -0.3 is 9.84 Å². The van der Waals surface area contributed by atoms with Crippen molar-refractivity contribution in [1.29, 1.82) is 0 Å². The van der Waals surface area contributed by atoms with Gasteiger partial charge in [0.1, 0.15) is 6.61 Å². The molecule has 6 heteroatoms. The molecule has 0 radical (unpaired) electrons. The van der Waals surface area contributed by atoms with E-state index >= 15 is 0 Å². The van der Waals surface area contributed by atoms with Crippen LogP contribution in [0.4, 0.5) is 0 Å². The summed E-state index contributed by atoms with van der Waals surface area (Å²) in [6.07, 6.45) is 0. The molecule has 0 saturated carbocycles. The van der Waals surface area contributed by atoms with Crippen LogP contribution in [0.25, 0.3) is 0 Å². The summed E-state index contributed by atoms with van der Waals surface area (Å²) in [5, 5.41) is 8.71. The molecule has 0 spiro atoms. The lowest BCUT2D eigenvalue weighted by atomic mass is 10.1. The topological polar surface area (TPSA) is 75.6 Å². The lowest BCUT2D eigenvalue weighted by Crippen LogP contribution is -2.39. The molecule has 0 aliphatic rings. The van der Waals surface area contributed by atoms with Crippen molar-refractivity contribution in [3.8, 4) is 11.8 Å². The number of aliphatic hydroxyl groups excluding tert-OH is 1. The number of benzene rings is 1. The van der Waals surface area contributed by atoms with Crippen molar-refractivity contribution in [1.82, 2.24) is 4.72 Å². The fraction of sp³-hybridized carbons (Fsp3) is 0.429. The minimum Gasteiger partial charge on any atom is -0.384 e. The molecule has 1 aromatic rings. The molecule has 0 unspecified atom stereocenters. The van der Waals surface area contributed by atoms with Crippen LogP contribution >= 0.6 is 0 Å². The van der Waals surface area contributed by atoms with Gasteiger partial charge in [0, 0.05) is 19.2 Å². The Morgan fingerprint density at radius 1 is 1.35 bits per heavy atom. The first-order valence-electron chi connectivity index (χ1n) is 6.06. The summed E-state index contributed by atoms with van der Waals surface area (Å²) >= 11 is 0. The molecule has 0 aromatic heterocycles. The van der Waals surface area contributed by atoms with E-state index in [9.17, 15) is 8.42 Å². The molecule has 0 aliphatic heterocycles. The highest BCUT2D eigenvalue weighted by molar-refractivity contribution is 7.89. The molecule has 0 saturated heterocycles. The van der Waals surface area contributed by atoms with Gasteiger partial charge in [0.15, 0.2) is 0 Å². The Hall–Kier alpha value is -1.39. The fourth-order valence-electron chi connectivity index (χ4n) is 1.36. The van der Waals surface area contributed by atoms with Crippen molar-refractivity contribution in [3.05, 3.63) is 29.8 Å². The van der Waals surface area contributed by atoms with Crippen molar-refractivity contribution in [3.63, 3.8) is 0 Å². The molecule has 1 rings (SSSR count). The fourth-order valence-corrected chi connectivity index (χ4v) is 2.72. The van der Waals surface area contributed by atoms with E-state index in [2.05, 4.69) is 16.6 Å². The van der Waals surface area contributed by atoms with Gasteiger partial charge in [-0.2, -0.15) is 0 Å². The van der Waals surface area contributed by atoms with E-state index in [1.165, 1.54) is 13.2 Å². The predicted molar refractivity (Wildman–Crippen MR) is 76.7 cm³/mol. The number of aliphatic hydroxyl groups is 1. The third-order valence-electron chi connectivity index (χ3n) is 2.72. The average Bonchev–Trinajstić information content (AvgIpc) is 2.43. The van der Waals surface area contributed by atoms with Crippen LogP contribution in [0, 0.1) is 11.8 Å². The molecule has 2 N–H and O–H groups in total. The molecule has 0 bridgehead atoms. The van der Waals surface area contributed by atoms with Gasteiger partial charge in [-0.1, -0.05) is 24.0 Å². The Bertz CT molecular complexity index is 612. The van der Waals surface area contributed by atoms with E-state index in [0.717, 1.165) is 0 Å². The van der Waals surface area contributed by atoms with E-state index < -0.39 is 15.6 Å². The van der Waals surface area contributed by atoms with Gasteiger partial charge in [0.05, 0.1) is 10.5 Å². The van der Waals surface area contributed by atoms with E-state index in [1.807, 2.05) is 0 Å². The molecule has 1 aromatic carbocycles. The van der Waals surface area contributed by atoms with Crippen molar-refractivity contribution >= 4 is 10.0 Å². The number of nitrogens with one attached hydrogen (secondary N) is 1. The first kappa shape index (κ1) is 16.7. The molecule has 0 atom stereocenters. The number of methoxy groups -OCH3 is 1. The molecule has 110 valence electrons. The summed E-state index contributed by atoms with van der Waals surface area (Å²) in [4.78, 5) is 0.0906. The van der Waals surface area contributed by atoms with Crippen LogP contribution in [0.2, 0.25) is 0 Å². The van der Waals surface area contributed by atoms with Crippen molar-refractivity contribution < 1.29 is 18.3 Å². The number of hydrogen-bond acceptors (Lipinski definition) is 4. The third kappa shape index (κ3) is 4.62. The highest BCUT2D eigenvalue weighted by atomic mass is 32.2. The lowest BCUT2D eigenvalue weighted by molar-refractivity contribution is 0.0276. The Morgan fingerprint density at radius 2 is 2.00 bits per heavy atom. The van der Waals surface area contributed by atoms with Gasteiger partial charge >= 0.3 is 0 Å². The van der Waals surface area contributed by atoms with Gasteiger partial charge in [-0.05, 0) is 26.0 Å². The Kier molecular flexibility index (Phi) is 5.72. The van der Waals surface area contributed by atoms with E-state index in [1.54, 1.807) is 32.0 Å². The molecular weight excluding hydrogens is 278 g/mol. The summed E-state index contributed by atoms with van der Waals surface area (Å²) in [6, 6.07) is 6.39. The number of ether oxygens (including phenoxy) is 1. The molecule has 0 heterocycles. The average molecular weight is 297 g/mol. The highest BCUT2D eigenvalue weighted by Gasteiger charge is 2.23. The van der Waals surface area contributed by atoms with Crippen LogP contribution in [-0.2, 0) is 14.8 Å². The standard InChI is InChI=1S/C14H19NO4S/c1-14(2,19-3)11-15-20(17,18)13-9-5-4-7-12(13)8-6-10-16/h4-5,7,9,15-16H,10-11H2,1-3H3. The van der Waals surface area contributed by atoms with Gasteiger partial charge in [-0.25, -0.2) is 13.1 Å². The van der Waals surface area contributed by atoms with E-state index in [-0.39, 0.29) is 18.0 Å². The van der Waals surface area contributed by atoms with Crippen LogP contribution in [0.15, 0.2) is 29.2 Å². The molecule has 0 aliphatic carbocycles. The van der Waals surface area contributed by atoms with Gasteiger partial charge in [0.2, 0.25) is 10.0 Å².